The van der Waals surface area contributed by atoms with Crippen LogP contribution in [0.25, 0.3) is 22.0 Å². The summed E-state index contributed by atoms with van der Waals surface area (Å²) in [5.41, 5.74) is 6.84. The van der Waals surface area contributed by atoms with Gasteiger partial charge in [-0.2, -0.15) is 0 Å². The molecule has 0 radical (unpaired) electrons. The van der Waals surface area contributed by atoms with E-state index in [-0.39, 0.29) is 5.91 Å². The summed E-state index contributed by atoms with van der Waals surface area (Å²) in [5, 5.41) is 4.18. The van der Waals surface area contributed by atoms with E-state index in [2.05, 4.69) is 34.5 Å². The number of likely N-dealkylation sites (tertiary alicyclic amines) is 1. The molecule has 2 heterocycles. The highest BCUT2D eigenvalue weighted by Crippen LogP contribution is 2.26. The van der Waals surface area contributed by atoms with Crippen LogP contribution in [0.15, 0.2) is 79.0 Å². The van der Waals surface area contributed by atoms with Gasteiger partial charge in [0.05, 0.1) is 5.52 Å². The minimum atomic E-state index is -0.113. The Bertz CT molecular complexity index is 1240. The van der Waals surface area contributed by atoms with Gasteiger partial charge in [-0.15, -0.1) is 0 Å². The molecule has 1 aromatic heterocycles. The minimum Gasteiger partial charge on any atom is -0.322 e. The van der Waals surface area contributed by atoms with Crippen LogP contribution in [0.3, 0.4) is 0 Å². The largest absolute Gasteiger partial charge is 0.322 e. The first-order valence-electron chi connectivity index (χ1n) is 11.2. The van der Waals surface area contributed by atoms with E-state index in [0.717, 1.165) is 39.8 Å². The van der Waals surface area contributed by atoms with E-state index in [1.807, 2.05) is 61.7 Å². The van der Waals surface area contributed by atoms with Gasteiger partial charge in [0.15, 0.2) is 0 Å². The molecule has 0 saturated carbocycles. The standard InChI is InChI=1S/C28H27N3O/c1-20-26(14-13-25-17-21(18-29-27(20)25)19-31-15-5-6-16-31)30-28(32)24-11-9-23(10-12-24)22-7-3-2-4-8-22/h2-4,7-14,17-18H,5-6,15-16,19H2,1H3,(H,30,32). The third-order valence-electron chi connectivity index (χ3n) is 6.27. The number of rotatable bonds is 5. The van der Waals surface area contributed by atoms with Crippen molar-refractivity contribution in [1.29, 1.82) is 0 Å². The third-order valence-corrected chi connectivity index (χ3v) is 6.27. The second-order valence-electron chi connectivity index (χ2n) is 8.53. The van der Waals surface area contributed by atoms with Crippen molar-refractivity contribution in [3.05, 3.63) is 95.7 Å². The van der Waals surface area contributed by atoms with Crippen LogP contribution in [-0.2, 0) is 6.54 Å². The number of nitrogens with zero attached hydrogens (tertiary/aromatic N) is 2. The minimum absolute atomic E-state index is 0.113. The Balaban J connectivity index is 1.33. The lowest BCUT2D eigenvalue weighted by atomic mass is 10.0. The number of anilines is 1. The number of benzene rings is 3. The summed E-state index contributed by atoms with van der Waals surface area (Å²) in [6, 6.07) is 24.1. The van der Waals surface area contributed by atoms with Crippen molar-refractivity contribution >= 4 is 22.5 Å². The van der Waals surface area contributed by atoms with Crippen molar-refractivity contribution < 1.29 is 4.79 Å². The summed E-state index contributed by atoms with van der Waals surface area (Å²) >= 11 is 0. The highest BCUT2D eigenvalue weighted by Gasteiger charge is 2.14. The Hall–Kier alpha value is -3.50. The smallest absolute Gasteiger partial charge is 0.255 e. The molecule has 4 heteroatoms. The molecule has 1 N–H and O–H groups in total. The normalized spacial score (nSPS) is 14.0. The molecule has 160 valence electrons. The van der Waals surface area contributed by atoms with Crippen LogP contribution >= 0.6 is 0 Å². The van der Waals surface area contributed by atoms with Crippen LogP contribution < -0.4 is 5.32 Å². The SMILES string of the molecule is Cc1c(NC(=O)c2ccc(-c3ccccc3)cc2)ccc2cc(CN3CCCC3)cnc12. The lowest BCUT2D eigenvalue weighted by Crippen LogP contribution is -2.18. The topological polar surface area (TPSA) is 45.2 Å². The maximum absolute atomic E-state index is 12.9. The zero-order valence-electron chi connectivity index (χ0n) is 18.3. The number of amides is 1. The average molecular weight is 422 g/mol. The summed E-state index contributed by atoms with van der Waals surface area (Å²) in [4.78, 5) is 20.1. The van der Waals surface area contributed by atoms with E-state index in [1.54, 1.807) is 0 Å². The highest BCUT2D eigenvalue weighted by molar-refractivity contribution is 6.06. The van der Waals surface area contributed by atoms with Gasteiger partial charge < -0.3 is 5.32 Å². The first kappa shape index (κ1) is 20.4. The van der Waals surface area contributed by atoms with Crippen molar-refractivity contribution in [2.45, 2.75) is 26.3 Å². The zero-order chi connectivity index (χ0) is 21.9. The molecule has 3 aromatic carbocycles. The van der Waals surface area contributed by atoms with Crippen LogP contribution in [0.4, 0.5) is 5.69 Å². The van der Waals surface area contributed by atoms with Crippen LogP contribution in [0.1, 0.15) is 34.3 Å². The molecule has 0 unspecified atom stereocenters. The number of fused-ring (bicyclic) bond motifs is 1. The maximum Gasteiger partial charge on any atom is 0.255 e. The fourth-order valence-corrected chi connectivity index (χ4v) is 4.45. The molecule has 0 aliphatic carbocycles. The van der Waals surface area contributed by atoms with Gasteiger partial charge >= 0.3 is 0 Å². The molecule has 4 nitrogen and oxygen atoms in total. The predicted molar refractivity (Wildman–Crippen MR) is 131 cm³/mol. The van der Waals surface area contributed by atoms with Crippen LogP contribution in [0.5, 0.6) is 0 Å². The van der Waals surface area contributed by atoms with Gasteiger partial charge in [-0.25, -0.2) is 0 Å². The van der Waals surface area contributed by atoms with E-state index in [4.69, 9.17) is 4.98 Å². The molecule has 1 fully saturated rings. The first-order valence-corrected chi connectivity index (χ1v) is 11.2. The van der Waals surface area contributed by atoms with Crippen molar-refractivity contribution in [3.8, 4) is 11.1 Å². The Labute approximate surface area is 188 Å². The predicted octanol–water partition coefficient (Wildman–Crippen LogP) is 6.06. The molecule has 1 saturated heterocycles. The van der Waals surface area contributed by atoms with Gasteiger partial charge in [0.2, 0.25) is 0 Å². The first-order chi connectivity index (χ1) is 15.7. The van der Waals surface area contributed by atoms with Crippen molar-refractivity contribution in [3.63, 3.8) is 0 Å². The van der Waals surface area contributed by atoms with Crippen LogP contribution in [0.2, 0.25) is 0 Å². The molecule has 0 bridgehead atoms. The van der Waals surface area contributed by atoms with Crippen LogP contribution in [0, 0.1) is 6.92 Å². The molecular formula is C28H27N3O. The van der Waals surface area contributed by atoms with E-state index in [1.165, 1.54) is 31.5 Å². The number of carbonyl (C=O) groups is 1. The summed E-state index contributed by atoms with van der Waals surface area (Å²) in [7, 11) is 0. The van der Waals surface area contributed by atoms with Crippen molar-refractivity contribution in [2.75, 3.05) is 18.4 Å². The Morgan fingerprint density at radius 3 is 2.41 bits per heavy atom. The molecule has 0 spiro atoms. The van der Waals surface area contributed by atoms with E-state index in [9.17, 15) is 4.79 Å². The molecule has 0 atom stereocenters. The number of aryl methyl sites for hydroxylation is 1. The number of hydrogen-bond acceptors (Lipinski definition) is 3. The van der Waals surface area contributed by atoms with Crippen LogP contribution in [-0.4, -0.2) is 28.9 Å². The van der Waals surface area contributed by atoms with Gasteiger partial charge in [0.1, 0.15) is 0 Å². The van der Waals surface area contributed by atoms with E-state index in [0.29, 0.717) is 5.56 Å². The molecule has 1 aliphatic rings. The molecule has 1 amide bonds. The lowest BCUT2D eigenvalue weighted by Gasteiger charge is -2.15. The zero-order valence-corrected chi connectivity index (χ0v) is 18.3. The van der Waals surface area contributed by atoms with E-state index < -0.39 is 0 Å². The van der Waals surface area contributed by atoms with Gasteiger partial charge in [0, 0.05) is 29.4 Å². The molecule has 4 aromatic rings. The Morgan fingerprint density at radius 2 is 1.66 bits per heavy atom. The molecule has 1 aliphatic heterocycles. The second-order valence-corrected chi connectivity index (χ2v) is 8.53. The molecule has 32 heavy (non-hydrogen) atoms. The number of aromatic nitrogens is 1. The average Bonchev–Trinajstić information content (AvgIpc) is 3.34. The summed E-state index contributed by atoms with van der Waals surface area (Å²) in [5.74, 6) is -0.113. The Morgan fingerprint density at radius 1 is 0.938 bits per heavy atom. The van der Waals surface area contributed by atoms with E-state index >= 15 is 0 Å². The molecular weight excluding hydrogens is 394 g/mol. The second kappa shape index (κ2) is 8.93. The van der Waals surface area contributed by atoms with Gasteiger partial charge in [-0.1, -0.05) is 48.5 Å². The summed E-state index contributed by atoms with van der Waals surface area (Å²) < 4.78 is 0. The fourth-order valence-electron chi connectivity index (χ4n) is 4.45. The number of pyridine rings is 1. The number of nitrogens with one attached hydrogen (secondary N) is 1. The fraction of sp³-hybridized carbons (Fsp3) is 0.214. The summed E-state index contributed by atoms with van der Waals surface area (Å²) in [6.45, 7) is 5.33. The van der Waals surface area contributed by atoms with Crippen molar-refractivity contribution in [2.24, 2.45) is 0 Å². The molecule has 5 rings (SSSR count). The quantitative estimate of drug-likeness (QED) is 0.426. The van der Waals surface area contributed by atoms with Gasteiger partial charge in [0.25, 0.3) is 5.91 Å². The number of hydrogen-bond donors (Lipinski definition) is 1. The van der Waals surface area contributed by atoms with Gasteiger partial charge in [-0.3, -0.25) is 14.7 Å². The Kier molecular flexibility index (Phi) is 5.70. The third kappa shape index (κ3) is 4.27. The van der Waals surface area contributed by atoms with Crippen molar-refractivity contribution in [1.82, 2.24) is 9.88 Å². The number of carbonyl (C=O) groups excluding carboxylic acids is 1. The highest BCUT2D eigenvalue weighted by atomic mass is 16.1. The summed E-state index contributed by atoms with van der Waals surface area (Å²) in [6.07, 6.45) is 4.55. The monoisotopic (exact) mass is 421 g/mol. The maximum atomic E-state index is 12.9. The lowest BCUT2D eigenvalue weighted by molar-refractivity contribution is 0.102. The van der Waals surface area contributed by atoms with Gasteiger partial charge in [-0.05, 0) is 79.4 Å².